The first-order valence-corrected chi connectivity index (χ1v) is 7.59. The summed E-state index contributed by atoms with van der Waals surface area (Å²) in [6.45, 7) is 2.00. The van der Waals surface area contributed by atoms with Gasteiger partial charge in [-0.15, -0.1) is 0 Å². The van der Waals surface area contributed by atoms with Crippen LogP contribution in [-0.2, 0) is 0 Å². The van der Waals surface area contributed by atoms with Gasteiger partial charge in [-0.1, -0.05) is 24.3 Å². The standard InChI is InChI=1S/C18H16FN3/c19-15-9-3-1-7-13(15)17-20-16-10-4-2-8-14(16)18(21-17)22-11-5-6-12-22/h1-4,7-10H,5-6,11-12H2. The number of hydrogen-bond donors (Lipinski definition) is 0. The molecule has 0 aliphatic carbocycles. The lowest BCUT2D eigenvalue weighted by Crippen LogP contribution is -2.20. The molecule has 22 heavy (non-hydrogen) atoms. The molecule has 0 unspecified atom stereocenters. The van der Waals surface area contributed by atoms with Crippen LogP contribution in [0, 0.1) is 5.82 Å². The number of halogens is 1. The highest BCUT2D eigenvalue weighted by atomic mass is 19.1. The molecule has 0 amide bonds. The maximum absolute atomic E-state index is 14.1. The third-order valence-corrected chi connectivity index (χ3v) is 4.10. The third kappa shape index (κ3) is 2.21. The summed E-state index contributed by atoms with van der Waals surface area (Å²) in [7, 11) is 0. The van der Waals surface area contributed by atoms with E-state index < -0.39 is 0 Å². The van der Waals surface area contributed by atoms with Gasteiger partial charge in [0.25, 0.3) is 0 Å². The van der Waals surface area contributed by atoms with Crippen LogP contribution in [-0.4, -0.2) is 23.1 Å². The van der Waals surface area contributed by atoms with Gasteiger partial charge in [-0.3, -0.25) is 0 Å². The summed E-state index contributed by atoms with van der Waals surface area (Å²) in [4.78, 5) is 11.5. The number of para-hydroxylation sites is 1. The Kier molecular flexibility index (Phi) is 3.22. The van der Waals surface area contributed by atoms with E-state index in [0.717, 1.165) is 29.8 Å². The van der Waals surface area contributed by atoms with Crippen molar-refractivity contribution in [3.8, 4) is 11.4 Å². The van der Waals surface area contributed by atoms with E-state index in [-0.39, 0.29) is 5.82 Å². The van der Waals surface area contributed by atoms with E-state index in [4.69, 9.17) is 0 Å². The van der Waals surface area contributed by atoms with Gasteiger partial charge in [-0.25, -0.2) is 14.4 Å². The first-order valence-electron chi connectivity index (χ1n) is 7.59. The summed E-state index contributed by atoms with van der Waals surface area (Å²) in [5, 5.41) is 1.03. The van der Waals surface area contributed by atoms with Crippen molar-refractivity contribution in [1.29, 1.82) is 0 Å². The summed E-state index contributed by atoms with van der Waals surface area (Å²) in [6.07, 6.45) is 2.35. The van der Waals surface area contributed by atoms with Gasteiger partial charge in [0.2, 0.25) is 0 Å². The molecule has 1 fully saturated rings. The quantitative estimate of drug-likeness (QED) is 0.714. The Labute approximate surface area is 128 Å². The Balaban J connectivity index is 1.95. The summed E-state index contributed by atoms with van der Waals surface area (Å²) in [5.74, 6) is 1.09. The molecule has 0 spiro atoms. The van der Waals surface area contributed by atoms with E-state index in [0.29, 0.717) is 11.4 Å². The van der Waals surface area contributed by atoms with Gasteiger partial charge in [0.1, 0.15) is 11.6 Å². The number of rotatable bonds is 2. The van der Waals surface area contributed by atoms with Crippen molar-refractivity contribution in [3.63, 3.8) is 0 Å². The molecule has 3 aromatic rings. The molecule has 1 saturated heterocycles. The largest absolute Gasteiger partial charge is 0.356 e. The Morgan fingerprint density at radius 2 is 1.59 bits per heavy atom. The van der Waals surface area contributed by atoms with Gasteiger partial charge >= 0.3 is 0 Å². The minimum absolute atomic E-state index is 0.287. The molecule has 1 aromatic heterocycles. The molecule has 1 aliphatic heterocycles. The number of nitrogens with zero attached hydrogens (tertiary/aromatic N) is 3. The SMILES string of the molecule is Fc1ccccc1-c1nc(N2CCCC2)c2ccccc2n1. The number of benzene rings is 2. The monoisotopic (exact) mass is 293 g/mol. The Bertz CT molecular complexity index is 825. The van der Waals surface area contributed by atoms with Crippen molar-refractivity contribution in [2.45, 2.75) is 12.8 Å². The lowest BCUT2D eigenvalue weighted by Gasteiger charge is -2.19. The fraction of sp³-hybridized carbons (Fsp3) is 0.222. The van der Waals surface area contributed by atoms with Crippen molar-refractivity contribution in [2.24, 2.45) is 0 Å². The number of aromatic nitrogens is 2. The van der Waals surface area contributed by atoms with E-state index in [1.165, 1.54) is 18.9 Å². The second-order valence-electron chi connectivity index (χ2n) is 5.56. The molecule has 0 N–H and O–H groups in total. The zero-order chi connectivity index (χ0) is 14.9. The topological polar surface area (TPSA) is 29.0 Å². The molecule has 4 rings (SSSR count). The van der Waals surface area contributed by atoms with Crippen molar-refractivity contribution in [2.75, 3.05) is 18.0 Å². The van der Waals surface area contributed by atoms with Gasteiger partial charge < -0.3 is 4.90 Å². The third-order valence-electron chi connectivity index (χ3n) is 4.10. The van der Waals surface area contributed by atoms with Crippen molar-refractivity contribution >= 4 is 16.7 Å². The molecular weight excluding hydrogens is 277 g/mol. The highest BCUT2D eigenvalue weighted by Gasteiger charge is 2.19. The average Bonchev–Trinajstić information content (AvgIpc) is 3.08. The number of fused-ring (bicyclic) bond motifs is 1. The zero-order valence-corrected chi connectivity index (χ0v) is 12.2. The van der Waals surface area contributed by atoms with Crippen LogP contribution < -0.4 is 4.90 Å². The van der Waals surface area contributed by atoms with E-state index >= 15 is 0 Å². The zero-order valence-electron chi connectivity index (χ0n) is 12.2. The summed E-state index contributed by atoms with van der Waals surface area (Å²) in [5.41, 5.74) is 1.31. The fourth-order valence-corrected chi connectivity index (χ4v) is 2.99. The minimum atomic E-state index is -0.287. The number of hydrogen-bond acceptors (Lipinski definition) is 3. The van der Waals surface area contributed by atoms with Crippen LogP contribution in [0.3, 0.4) is 0 Å². The van der Waals surface area contributed by atoms with Crippen LogP contribution in [0.25, 0.3) is 22.3 Å². The predicted molar refractivity (Wildman–Crippen MR) is 86.4 cm³/mol. The molecule has 1 aliphatic rings. The van der Waals surface area contributed by atoms with Gasteiger partial charge in [0.15, 0.2) is 5.82 Å². The highest BCUT2D eigenvalue weighted by molar-refractivity contribution is 5.91. The first kappa shape index (κ1) is 13.2. The Morgan fingerprint density at radius 1 is 0.864 bits per heavy atom. The molecular formula is C18H16FN3. The first-order chi connectivity index (χ1) is 10.8. The number of anilines is 1. The highest BCUT2D eigenvalue weighted by Crippen LogP contribution is 2.30. The molecule has 0 atom stereocenters. The van der Waals surface area contributed by atoms with Crippen molar-refractivity contribution < 1.29 is 4.39 Å². The van der Waals surface area contributed by atoms with Crippen molar-refractivity contribution in [3.05, 3.63) is 54.3 Å². The van der Waals surface area contributed by atoms with E-state index in [1.807, 2.05) is 30.3 Å². The van der Waals surface area contributed by atoms with E-state index in [1.54, 1.807) is 12.1 Å². The molecule has 110 valence electrons. The minimum Gasteiger partial charge on any atom is -0.356 e. The van der Waals surface area contributed by atoms with Gasteiger partial charge in [0, 0.05) is 18.5 Å². The van der Waals surface area contributed by atoms with Gasteiger partial charge in [-0.05, 0) is 37.1 Å². The van der Waals surface area contributed by atoms with Crippen molar-refractivity contribution in [1.82, 2.24) is 9.97 Å². The molecule has 3 nitrogen and oxygen atoms in total. The maximum atomic E-state index is 14.1. The predicted octanol–water partition coefficient (Wildman–Crippen LogP) is 4.04. The van der Waals surface area contributed by atoms with Gasteiger partial charge in [0.05, 0.1) is 11.1 Å². The molecule has 2 heterocycles. The van der Waals surface area contributed by atoms with E-state index in [2.05, 4.69) is 14.9 Å². The van der Waals surface area contributed by atoms with Crippen LogP contribution in [0.5, 0.6) is 0 Å². The maximum Gasteiger partial charge on any atom is 0.165 e. The second kappa shape index (κ2) is 5.37. The Hall–Kier alpha value is -2.49. The average molecular weight is 293 g/mol. The summed E-state index contributed by atoms with van der Waals surface area (Å²) < 4.78 is 14.1. The Morgan fingerprint density at radius 3 is 2.41 bits per heavy atom. The molecule has 0 bridgehead atoms. The molecule has 0 radical (unpaired) electrons. The van der Waals surface area contributed by atoms with E-state index in [9.17, 15) is 4.39 Å². The lowest BCUT2D eigenvalue weighted by atomic mass is 10.1. The molecule has 4 heteroatoms. The van der Waals surface area contributed by atoms with Crippen LogP contribution in [0.15, 0.2) is 48.5 Å². The fourth-order valence-electron chi connectivity index (χ4n) is 2.99. The van der Waals surface area contributed by atoms with Crippen LogP contribution >= 0.6 is 0 Å². The second-order valence-corrected chi connectivity index (χ2v) is 5.56. The van der Waals surface area contributed by atoms with Crippen LogP contribution in [0.2, 0.25) is 0 Å². The molecule has 0 saturated carbocycles. The summed E-state index contributed by atoms with van der Waals surface area (Å²) >= 11 is 0. The van der Waals surface area contributed by atoms with Gasteiger partial charge in [-0.2, -0.15) is 0 Å². The van der Waals surface area contributed by atoms with Crippen LogP contribution in [0.1, 0.15) is 12.8 Å². The lowest BCUT2D eigenvalue weighted by molar-refractivity contribution is 0.630. The summed E-state index contributed by atoms with van der Waals surface area (Å²) in [6, 6.07) is 14.6. The molecule has 2 aromatic carbocycles. The normalized spacial score (nSPS) is 14.7. The smallest absolute Gasteiger partial charge is 0.165 e. The van der Waals surface area contributed by atoms with Crippen LogP contribution in [0.4, 0.5) is 10.2 Å².